The highest BCUT2D eigenvalue weighted by molar-refractivity contribution is 7.89. The Morgan fingerprint density at radius 3 is 2.45 bits per heavy atom. The van der Waals surface area contributed by atoms with Crippen LogP contribution in [0.5, 0.6) is 5.88 Å². The fourth-order valence-corrected chi connectivity index (χ4v) is 2.20. The number of hydrogen-bond acceptors (Lipinski definition) is 6. The van der Waals surface area contributed by atoms with E-state index >= 15 is 0 Å². The van der Waals surface area contributed by atoms with Crippen LogP contribution in [0.4, 0.5) is 5.82 Å². The zero-order chi connectivity index (χ0) is 14.9. The van der Waals surface area contributed by atoms with Crippen LogP contribution in [0.15, 0.2) is 30.3 Å². The van der Waals surface area contributed by atoms with E-state index in [4.69, 9.17) is 22.1 Å². The van der Waals surface area contributed by atoms with Gasteiger partial charge in [-0.15, -0.1) is 9.19 Å². The average molecular weight is 316 g/mol. The Labute approximate surface area is 120 Å². The molecule has 0 saturated carbocycles. The molecular formula is C11H10ClN3O4S. The maximum atomic E-state index is 11.8. The summed E-state index contributed by atoms with van der Waals surface area (Å²) in [7, 11) is -3.65. The third kappa shape index (κ3) is 3.09. The Kier molecular flexibility index (Phi) is 3.69. The fraction of sp³-hybridized carbons (Fsp3) is 0.0909. The number of nitrogens with two attached hydrogens (primary N) is 1. The van der Waals surface area contributed by atoms with Crippen molar-refractivity contribution in [3.8, 4) is 5.88 Å². The van der Waals surface area contributed by atoms with Crippen molar-refractivity contribution in [2.45, 2.75) is 0 Å². The molecule has 2 aromatic rings. The molecule has 20 heavy (non-hydrogen) atoms. The first-order chi connectivity index (χ1) is 9.27. The molecule has 0 unspecified atom stereocenters. The molecule has 0 saturated heterocycles. The first-order valence-electron chi connectivity index (χ1n) is 5.31. The minimum absolute atomic E-state index is 0.147. The summed E-state index contributed by atoms with van der Waals surface area (Å²) in [4.78, 5) is 11.8. The van der Waals surface area contributed by atoms with Gasteiger partial charge in [-0.1, -0.05) is 11.6 Å². The van der Waals surface area contributed by atoms with E-state index in [1.165, 1.54) is 24.3 Å². The maximum Gasteiger partial charge on any atom is 0.344 e. The molecule has 0 spiro atoms. The van der Waals surface area contributed by atoms with E-state index < -0.39 is 16.0 Å². The normalized spacial score (nSPS) is 11.3. The largest absolute Gasteiger partial charge is 0.402 e. The van der Waals surface area contributed by atoms with Gasteiger partial charge in [-0.05, 0) is 24.3 Å². The summed E-state index contributed by atoms with van der Waals surface area (Å²) in [6.45, 7) is 0. The van der Waals surface area contributed by atoms with E-state index in [1.54, 1.807) is 0 Å². The van der Waals surface area contributed by atoms with Crippen LogP contribution in [0.25, 0.3) is 0 Å². The predicted octanol–water partition coefficient (Wildman–Crippen LogP) is 1.15. The standard InChI is InChI=1S/C11H10ClN3O4S/c1-20(17,18)15-9(13)6-10(14-15)19-11(16)7-2-4-8(12)5-3-7/h2-6H,13H2,1H3. The number of hydrogen-bond donors (Lipinski definition) is 1. The summed E-state index contributed by atoms with van der Waals surface area (Å²) >= 11 is 5.70. The van der Waals surface area contributed by atoms with Gasteiger partial charge in [0, 0.05) is 11.1 Å². The second kappa shape index (κ2) is 5.14. The molecule has 0 radical (unpaired) electrons. The Balaban J connectivity index is 2.23. The maximum absolute atomic E-state index is 11.8. The van der Waals surface area contributed by atoms with Crippen molar-refractivity contribution in [3.05, 3.63) is 40.9 Å². The molecule has 7 nitrogen and oxygen atoms in total. The van der Waals surface area contributed by atoms with Gasteiger partial charge in [-0.25, -0.2) is 13.2 Å². The van der Waals surface area contributed by atoms with Crippen molar-refractivity contribution < 1.29 is 17.9 Å². The minimum atomic E-state index is -3.65. The number of carbonyl (C=O) groups is 1. The number of ether oxygens (including phenoxy) is 1. The SMILES string of the molecule is CS(=O)(=O)n1nc(OC(=O)c2ccc(Cl)cc2)cc1N. The zero-order valence-electron chi connectivity index (χ0n) is 10.3. The smallest absolute Gasteiger partial charge is 0.344 e. The van der Waals surface area contributed by atoms with E-state index in [2.05, 4.69) is 5.10 Å². The van der Waals surface area contributed by atoms with Gasteiger partial charge in [0.25, 0.3) is 10.0 Å². The van der Waals surface area contributed by atoms with Crippen molar-refractivity contribution in [2.75, 3.05) is 12.0 Å². The van der Waals surface area contributed by atoms with Gasteiger partial charge in [-0.2, -0.15) is 0 Å². The van der Waals surface area contributed by atoms with E-state index in [0.29, 0.717) is 9.11 Å². The lowest BCUT2D eigenvalue weighted by Gasteiger charge is -2.01. The fourth-order valence-electron chi connectivity index (χ4n) is 1.41. The second-order valence-corrected chi connectivity index (χ2v) is 6.16. The number of carbonyl (C=O) groups excluding carboxylic acids is 1. The zero-order valence-corrected chi connectivity index (χ0v) is 11.9. The Bertz CT molecular complexity index is 752. The monoisotopic (exact) mass is 315 g/mol. The lowest BCUT2D eigenvalue weighted by Crippen LogP contribution is -2.15. The minimum Gasteiger partial charge on any atom is -0.402 e. The molecule has 2 N–H and O–H groups in total. The number of halogens is 1. The van der Waals surface area contributed by atoms with Crippen LogP contribution in [-0.2, 0) is 10.0 Å². The van der Waals surface area contributed by atoms with E-state index in [0.717, 1.165) is 12.3 Å². The highest BCUT2D eigenvalue weighted by Gasteiger charge is 2.17. The summed E-state index contributed by atoms with van der Waals surface area (Å²) in [5.74, 6) is -1.04. The molecule has 0 aliphatic carbocycles. The molecule has 106 valence electrons. The van der Waals surface area contributed by atoms with Crippen LogP contribution in [0.3, 0.4) is 0 Å². The highest BCUT2D eigenvalue weighted by Crippen LogP contribution is 2.17. The van der Waals surface area contributed by atoms with Crippen molar-refractivity contribution >= 4 is 33.4 Å². The third-order valence-corrected chi connectivity index (χ3v) is 3.45. The van der Waals surface area contributed by atoms with Crippen LogP contribution < -0.4 is 10.5 Å². The first-order valence-corrected chi connectivity index (χ1v) is 7.54. The Hall–Kier alpha value is -2.06. The van der Waals surface area contributed by atoms with Gasteiger partial charge in [-0.3, -0.25) is 0 Å². The summed E-state index contributed by atoms with van der Waals surface area (Å²) in [5, 5.41) is 4.08. The molecular weight excluding hydrogens is 306 g/mol. The lowest BCUT2D eigenvalue weighted by molar-refractivity contribution is 0.0727. The van der Waals surface area contributed by atoms with Gasteiger partial charge >= 0.3 is 5.97 Å². The molecule has 1 heterocycles. The number of nitrogen functional groups attached to an aromatic ring is 1. The van der Waals surface area contributed by atoms with Crippen LogP contribution >= 0.6 is 11.6 Å². The van der Waals surface area contributed by atoms with Gasteiger partial charge in [0.05, 0.1) is 11.8 Å². The summed E-state index contributed by atoms with van der Waals surface area (Å²) in [5.41, 5.74) is 5.73. The summed E-state index contributed by atoms with van der Waals surface area (Å²) in [6, 6.07) is 7.15. The Morgan fingerprint density at radius 1 is 1.35 bits per heavy atom. The molecule has 9 heteroatoms. The molecule has 0 amide bonds. The van der Waals surface area contributed by atoms with Gasteiger partial charge in [0.15, 0.2) is 0 Å². The number of benzene rings is 1. The Morgan fingerprint density at radius 2 is 1.95 bits per heavy atom. The molecule has 1 aromatic carbocycles. The van der Waals surface area contributed by atoms with Crippen LogP contribution in [0, 0.1) is 0 Å². The highest BCUT2D eigenvalue weighted by atomic mass is 35.5. The summed E-state index contributed by atoms with van der Waals surface area (Å²) < 4.78 is 28.2. The van der Waals surface area contributed by atoms with E-state index in [-0.39, 0.29) is 17.3 Å². The van der Waals surface area contributed by atoms with E-state index in [9.17, 15) is 13.2 Å². The van der Waals surface area contributed by atoms with Crippen LogP contribution in [0.1, 0.15) is 10.4 Å². The van der Waals surface area contributed by atoms with Crippen LogP contribution in [0.2, 0.25) is 5.02 Å². The predicted molar refractivity (Wildman–Crippen MR) is 73.3 cm³/mol. The van der Waals surface area contributed by atoms with Gasteiger partial charge in [0.2, 0.25) is 5.88 Å². The number of rotatable bonds is 3. The molecule has 0 fully saturated rings. The second-order valence-electron chi connectivity index (χ2n) is 3.91. The van der Waals surface area contributed by atoms with E-state index in [1.807, 2.05) is 0 Å². The number of esters is 1. The number of nitrogens with zero attached hydrogens (tertiary/aromatic N) is 2. The lowest BCUT2D eigenvalue weighted by atomic mass is 10.2. The average Bonchev–Trinajstić information content (AvgIpc) is 2.70. The van der Waals surface area contributed by atoms with Crippen LogP contribution in [-0.4, -0.2) is 29.8 Å². The third-order valence-electron chi connectivity index (χ3n) is 2.27. The molecule has 0 atom stereocenters. The van der Waals surface area contributed by atoms with Gasteiger partial charge in [0.1, 0.15) is 5.82 Å². The van der Waals surface area contributed by atoms with Crippen molar-refractivity contribution in [3.63, 3.8) is 0 Å². The van der Waals surface area contributed by atoms with Crippen molar-refractivity contribution in [1.29, 1.82) is 0 Å². The number of anilines is 1. The number of aromatic nitrogens is 2. The van der Waals surface area contributed by atoms with Crippen molar-refractivity contribution in [1.82, 2.24) is 9.19 Å². The van der Waals surface area contributed by atoms with Gasteiger partial charge < -0.3 is 10.5 Å². The molecule has 0 aliphatic heterocycles. The molecule has 2 rings (SSSR count). The summed E-state index contributed by atoms with van der Waals surface area (Å²) in [6.07, 6.45) is 0.932. The molecule has 0 bridgehead atoms. The topological polar surface area (TPSA) is 104 Å². The molecule has 0 aliphatic rings. The first kappa shape index (κ1) is 14.4. The van der Waals surface area contributed by atoms with Crippen molar-refractivity contribution in [2.24, 2.45) is 0 Å². The quantitative estimate of drug-likeness (QED) is 0.852. The molecule has 1 aromatic heterocycles.